The molecule has 1 heterocycles. The number of hydrogen-bond acceptors (Lipinski definition) is 4. The highest BCUT2D eigenvalue weighted by Crippen LogP contribution is 2.15. The van der Waals surface area contributed by atoms with Gasteiger partial charge in [-0.05, 0) is 26.0 Å². The van der Waals surface area contributed by atoms with Crippen LogP contribution in [0.15, 0.2) is 24.3 Å². The number of aryl methyl sites for hydroxylation is 1. The number of aliphatic hydroxyl groups excluding tert-OH is 1. The molecular formula is C12H15N3O. The fourth-order valence-electron chi connectivity index (χ4n) is 1.50. The normalized spacial score (nSPS) is 12.7. The molecule has 2 rings (SSSR count). The van der Waals surface area contributed by atoms with Gasteiger partial charge in [0.25, 0.3) is 0 Å². The van der Waals surface area contributed by atoms with Crippen LogP contribution in [0.5, 0.6) is 0 Å². The van der Waals surface area contributed by atoms with Crippen molar-refractivity contribution in [3.8, 4) is 0 Å². The van der Waals surface area contributed by atoms with Crippen LogP contribution in [-0.2, 0) is 0 Å². The Bertz CT molecular complexity index is 497. The third-order valence-electron chi connectivity index (χ3n) is 2.31. The summed E-state index contributed by atoms with van der Waals surface area (Å²) in [7, 11) is 0. The van der Waals surface area contributed by atoms with E-state index in [9.17, 15) is 5.11 Å². The van der Waals surface area contributed by atoms with Crippen LogP contribution in [0.25, 0.3) is 11.0 Å². The smallest absolute Gasteiger partial charge is 0.148 e. The van der Waals surface area contributed by atoms with E-state index in [2.05, 4.69) is 15.3 Å². The second kappa shape index (κ2) is 4.45. The van der Waals surface area contributed by atoms with Crippen LogP contribution >= 0.6 is 0 Å². The molecule has 84 valence electrons. The predicted molar refractivity (Wildman–Crippen MR) is 64.4 cm³/mol. The van der Waals surface area contributed by atoms with Crippen LogP contribution in [-0.4, -0.2) is 27.7 Å². The van der Waals surface area contributed by atoms with Gasteiger partial charge in [-0.25, -0.2) is 9.97 Å². The molecule has 1 unspecified atom stereocenters. The van der Waals surface area contributed by atoms with Gasteiger partial charge in [-0.2, -0.15) is 0 Å². The Morgan fingerprint density at radius 3 is 2.50 bits per heavy atom. The van der Waals surface area contributed by atoms with Gasteiger partial charge < -0.3 is 10.4 Å². The monoisotopic (exact) mass is 217 g/mol. The minimum absolute atomic E-state index is 0.396. The van der Waals surface area contributed by atoms with Gasteiger partial charge in [0.2, 0.25) is 0 Å². The lowest BCUT2D eigenvalue weighted by Crippen LogP contribution is -2.17. The average molecular weight is 217 g/mol. The van der Waals surface area contributed by atoms with Gasteiger partial charge >= 0.3 is 0 Å². The van der Waals surface area contributed by atoms with Gasteiger partial charge in [-0.3, -0.25) is 0 Å². The van der Waals surface area contributed by atoms with Gasteiger partial charge in [0.15, 0.2) is 0 Å². The quantitative estimate of drug-likeness (QED) is 0.822. The van der Waals surface area contributed by atoms with E-state index in [-0.39, 0.29) is 0 Å². The van der Waals surface area contributed by atoms with Crippen LogP contribution in [0.1, 0.15) is 12.6 Å². The van der Waals surface area contributed by atoms with Crippen molar-refractivity contribution in [1.82, 2.24) is 9.97 Å². The van der Waals surface area contributed by atoms with E-state index in [1.807, 2.05) is 31.2 Å². The third-order valence-corrected chi connectivity index (χ3v) is 2.31. The number of hydrogen-bond donors (Lipinski definition) is 2. The number of anilines is 1. The summed E-state index contributed by atoms with van der Waals surface area (Å²) in [6.45, 7) is 4.12. The summed E-state index contributed by atoms with van der Waals surface area (Å²) in [4.78, 5) is 8.91. The molecule has 0 aliphatic heterocycles. The molecule has 2 N–H and O–H groups in total. The van der Waals surface area contributed by atoms with E-state index >= 15 is 0 Å². The topological polar surface area (TPSA) is 58.0 Å². The van der Waals surface area contributed by atoms with Crippen LogP contribution < -0.4 is 5.32 Å². The van der Waals surface area contributed by atoms with Crippen molar-refractivity contribution in [2.45, 2.75) is 20.0 Å². The summed E-state index contributed by atoms with van der Waals surface area (Å²) in [6, 6.07) is 7.74. The molecule has 2 aromatic rings. The van der Waals surface area contributed by atoms with Crippen LogP contribution in [0, 0.1) is 6.92 Å². The molecule has 0 amide bonds. The Morgan fingerprint density at radius 2 is 1.88 bits per heavy atom. The Hall–Kier alpha value is -1.68. The lowest BCUT2D eigenvalue weighted by Gasteiger charge is -2.10. The first-order chi connectivity index (χ1) is 7.66. The predicted octanol–water partition coefficient (Wildman–Crippen LogP) is 1.73. The SMILES string of the molecule is Cc1nc2ccccc2nc1NCC(C)O. The zero-order chi connectivity index (χ0) is 11.5. The van der Waals surface area contributed by atoms with Gasteiger partial charge in [-0.15, -0.1) is 0 Å². The number of para-hydroxylation sites is 2. The molecule has 0 fully saturated rings. The molecule has 4 nitrogen and oxygen atoms in total. The first-order valence-corrected chi connectivity index (χ1v) is 5.32. The highest BCUT2D eigenvalue weighted by atomic mass is 16.3. The molecule has 1 aromatic heterocycles. The second-order valence-corrected chi connectivity index (χ2v) is 3.88. The van der Waals surface area contributed by atoms with Gasteiger partial charge in [0.1, 0.15) is 5.82 Å². The summed E-state index contributed by atoms with van der Waals surface area (Å²) in [5, 5.41) is 12.3. The van der Waals surface area contributed by atoms with E-state index in [4.69, 9.17) is 0 Å². The fraction of sp³-hybridized carbons (Fsp3) is 0.333. The van der Waals surface area contributed by atoms with Crippen molar-refractivity contribution >= 4 is 16.9 Å². The second-order valence-electron chi connectivity index (χ2n) is 3.88. The van der Waals surface area contributed by atoms with Crippen LogP contribution in [0.4, 0.5) is 5.82 Å². The summed E-state index contributed by atoms with van der Waals surface area (Å²) in [5.74, 6) is 0.736. The molecule has 4 heteroatoms. The molecule has 0 radical (unpaired) electrons. The largest absolute Gasteiger partial charge is 0.392 e. The summed E-state index contributed by atoms with van der Waals surface area (Å²) in [5.41, 5.74) is 2.60. The lowest BCUT2D eigenvalue weighted by atomic mass is 10.3. The summed E-state index contributed by atoms with van der Waals surface area (Å²) >= 11 is 0. The number of benzene rings is 1. The molecule has 0 aliphatic carbocycles. The van der Waals surface area contributed by atoms with Crippen molar-refractivity contribution in [1.29, 1.82) is 0 Å². The zero-order valence-electron chi connectivity index (χ0n) is 9.44. The molecule has 0 aliphatic rings. The first kappa shape index (κ1) is 10.8. The molecule has 0 spiro atoms. The molecule has 0 bridgehead atoms. The maximum atomic E-state index is 9.21. The summed E-state index contributed by atoms with van der Waals surface area (Å²) < 4.78 is 0. The van der Waals surface area contributed by atoms with Gasteiger partial charge in [0.05, 0.1) is 22.8 Å². The third kappa shape index (κ3) is 2.28. The number of rotatable bonds is 3. The van der Waals surface area contributed by atoms with Crippen LogP contribution in [0.3, 0.4) is 0 Å². The molecular weight excluding hydrogens is 202 g/mol. The number of fused-ring (bicyclic) bond motifs is 1. The fourth-order valence-corrected chi connectivity index (χ4v) is 1.50. The standard InChI is InChI=1S/C12H15N3O/c1-8(16)7-13-12-9(2)14-10-5-3-4-6-11(10)15-12/h3-6,8,16H,7H2,1-2H3,(H,13,15). The minimum atomic E-state index is -0.396. The van der Waals surface area contributed by atoms with Gasteiger partial charge in [0, 0.05) is 6.54 Å². The van der Waals surface area contributed by atoms with E-state index < -0.39 is 6.10 Å². The van der Waals surface area contributed by atoms with Crippen LogP contribution in [0.2, 0.25) is 0 Å². The Balaban J connectivity index is 2.34. The highest BCUT2D eigenvalue weighted by Gasteiger charge is 2.04. The molecule has 16 heavy (non-hydrogen) atoms. The van der Waals surface area contributed by atoms with Crippen molar-refractivity contribution in [2.75, 3.05) is 11.9 Å². The van der Waals surface area contributed by atoms with Crippen molar-refractivity contribution in [2.24, 2.45) is 0 Å². The van der Waals surface area contributed by atoms with Crippen molar-refractivity contribution < 1.29 is 5.11 Å². The molecule has 1 atom stereocenters. The van der Waals surface area contributed by atoms with Crippen molar-refractivity contribution in [3.63, 3.8) is 0 Å². The van der Waals surface area contributed by atoms with E-state index in [1.165, 1.54) is 0 Å². The maximum absolute atomic E-state index is 9.21. The molecule has 0 saturated heterocycles. The Kier molecular flexibility index (Phi) is 3.01. The minimum Gasteiger partial charge on any atom is -0.392 e. The zero-order valence-corrected chi connectivity index (χ0v) is 9.44. The Labute approximate surface area is 94.4 Å². The van der Waals surface area contributed by atoms with Gasteiger partial charge in [-0.1, -0.05) is 12.1 Å². The van der Waals surface area contributed by atoms with Crippen molar-refractivity contribution in [3.05, 3.63) is 30.0 Å². The number of aliphatic hydroxyl groups is 1. The number of aromatic nitrogens is 2. The van der Waals surface area contributed by atoms with E-state index in [1.54, 1.807) is 6.92 Å². The Morgan fingerprint density at radius 1 is 1.25 bits per heavy atom. The number of nitrogens with one attached hydrogen (secondary N) is 1. The lowest BCUT2D eigenvalue weighted by molar-refractivity contribution is 0.208. The first-order valence-electron chi connectivity index (χ1n) is 5.32. The molecule has 0 saturated carbocycles. The maximum Gasteiger partial charge on any atom is 0.148 e. The highest BCUT2D eigenvalue weighted by molar-refractivity contribution is 5.76. The van der Waals surface area contributed by atoms with E-state index in [0.717, 1.165) is 22.5 Å². The number of nitrogens with zero attached hydrogens (tertiary/aromatic N) is 2. The van der Waals surface area contributed by atoms with E-state index in [0.29, 0.717) is 6.54 Å². The molecule has 1 aromatic carbocycles. The average Bonchev–Trinajstić information content (AvgIpc) is 2.26. The summed E-state index contributed by atoms with van der Waals surface area (Å²) in [6.07, 6.45) is -0.396.